The second-order valence-electron chi connectivity index (χ2n) is 6.88. The Kier molecular flexibility index (Phi) is 5.45. The summed E-state index contributed by atoms with van der Waals surface area (Å²) in [6.07, 6.45) is 0. The maximum atomic E-state index is 12.8. The van der Waals surface area contributed by atoms with E-state index in [1.54, 1.807) is 37.3 Å². The van der Waals surface area contributed by atoms with Gasteiger partial charge in [-0.05, 0) is 30.7 Å². The molecule has 2 aromatic carbocycles. The molecule has 1 aliphatic heterocycles. The molecular weight excluding hydrogens is 404 g/mol. The van der Waals surface area contributed by atoms with Crippen molar-refractivity contribution in [1.82, 2.24) is 9.88 Å². The van der Waals surface area contributed by atoms with Crippen molar-refractivity contribution in [3.8, 4) is 11.5 Å². The van der Waals surface area contributed by atoms with Crippen LogP contribution in [0.25, 0.3) is 10.2 Å². The third-order valence-electron chi connectivity index (χ3n) is 4.98. The first kappa shape index (κ1) is 20.0. The molecule has 156 valence electrons. The molecule has 1 N–H and O–H groups in total. The SMILES string of the molecule is COc1ccc(N2CCN(CC(=O)Nc3nc4c(C)cccc4s3)C2=O)cc1OC. The number of ether oxygens (including phenoxy) is 2. The van der Waals surface area contributed by atoms with Gasteiger partial charge in [-0.2, -0.15) is 0 Å². The fourth-order valence-electron chi connectivity index (χ4n) is 3.43. The highest BCUT2D eigenvalue weighted by atomic mass is 32.1. The number of hydrogen-bond donors (Lipinski definition) is 1. The predicted octanol–water partition coefficient (Wildman–Crippen LogP) is 3.50. The van der Waals surface area contributed by atoms with Gasteiger partial charge in [0, 0.05) is 24.8 Å². The van der Waals surface area contributed by atoms with E-state index in [0.29, 0.717) is 35.4 Å². The van der Waals surface area contributed by atoms with E-state index in [1.807, 2.05) is 25.1 Å². The molecule has 3 amide bonds. The summed E-state index contributed by atoms with van der Waals surface area (Å²) >= 11 is 1.42. The van der Waals surface area contributed by atoms with Gasteiger partial charge in [0.25, 0.3) is 0 Å². The largest absolute Gasteiger partial charge is 0.493 e. The predicted molar refractivity (Wildman–Crippen MR) is 117 cm³/mol. The van der Waals surface area contributed by atoms with E-state index in [0.717, 1.165) is 15.8 Å². The number of nitrogens with one attached hydrogen (secondary N) is 1. The lowest BCUT2D eigenvalue weighted by atomic mass is 10.2. The number of carbonyl (C=O) groups is 2. The average Bonchev–Trinajstić information content (AvgIpc) is 3.31. The Morgan fingerprint density at radius 3 is 2.70 bits per heavy atom. The topological polar surface area (TPSA) is 84.0 Å². The van der Waals surface area contributed by atoms with Crippen molar-refractivity contribution in [2.75, 3.05) is 44.1 Å². The van der Waals surface area contributed by atoms with Gasteiger partial charge in [0.2, 0.25) is 5.91 Å². The molecule has 1 aromatic heterocycles. The lowest BCUT2D eigenvalue weighted by molar-refractivity contribution is -0.116. The molecule has 0 saturated carbocycles. The van der Waals surface area contributed by atoms with Gasteiger partial charge in [-0.15, -0.1) is 0 Å². The molecule has 0 unspecified atom stereocenters. The first-order chi connectivity index (χ1) is 14.5. The van der Waals surface area contributed by atoms with E-state index in [9.17, 15) is 9.59 Å². The second kappa shape index (κ2) is 8.19. The van der Waals surface area contributed by atoms with E-state index < -0.39 is 0 Å². The number of benzene rings is 2. The van der Waals surface area contributed by atoms with Crippen LogP contribution in [0.4, 0.5) is 15.6 Å². The summed E-state index contributed by atoms with van der Waals surface area (Å²) in [5.41, 5.74) is 2.64. The van der Waals surface area contributed by atoms with Crippen molar-refractivity contribution < 1.29 is 19.1 Å². The lowest BCUT2D eigenvalue weighted by Crippen LogP contribution is -2.37. The number of methoxy groups -OCH3 is 2. The van der Waals surface area contributed by atoms with Crippen LogP contribution in [0.15, 0.2) is 36.4 Å². The molecule has 1 saturated heterocycles. The number of para-hydroxylation sites is 1. The zero-order valence-electron chi connectivity index (χ0n) is 17.0. The van der Waals surface area contributed by atoms with Crippen molar-refractivity contribution in [3.05, 3.63) is 42.0 Å². The number of fused-ring (bicyclic) bond motifs is 1. The van der Waals surface area contributed by atoms with Crippen LogP contribution in [-0.2, 0) is 4.79 Å². The average molecular weight is 426 g/mol. The van der Waals surface area contributed by atoms with Crippen molar-refractivity contribution in [1.29, 1.82) is 0 Å². The zero-order chi connectivity index (χ0) is 21.3. The highest BCUT2D eigenvalue weighted by Gasteiger charge is 2.31. The van der Waals surface area contributed by atoms with Gasteiger partial charge >= 0.3 is 6.03 Å². The second-order valence-corrected chi connectivity index (χ2v) is 7.91. The van der Waals surface area contributed by atoms with Crippen LogP contribution in [-0.4, -0.2) is 55.7 Å². The number of aryl methyl sites for hydroxylation is 1. The number of urea groups is 1. The molecule has 1 fully saturated rings. The maximum Gasteiger partial charge on any atom is 0.325 e. The van der Waals surface area contributed by atoms with Crippen LogP contribution >= 0.6 is 11.3 Å². The van der Waals surface area contributed by atoms with E-state index >= 15 is 0 Å². The van der Waals surface area contributed by atoms with Gasteiger partial charge in [-0.1, -0.05) is 23.5 Å². The van der Waals surface area contributed by atoms with Gasteiger partial charge in [0.15, 0.2) is 16.6 Å². The van der Waals surface area contributed by atoms with Gasteiger partial charge < -0.3 is 19.7 Å². The molecule has 9 heteroatoms. The number of amides is 3. The fraction of sp³-hybridized carbons (Fsp3) is 0.286. The van der Waals surface area contributed by atoms with Crippen LogP contribution in [0.1, 0.15) is 5.56 Å². The summed E-state index contributed by atoms with van der Waals surface area (Å²) in [6, 6.07) is 11.0. The van der Waals surface area contributed by atoms with Gasteiger partial charge in [-0.25, -0.2) is 9.78 Å². The summed E-state index contributed by atoms with van der Waals surface area (Å²) in [6.45, 7) is 2.90. The number of nitrogens with zero attached hydrogens (tertiary/aromatic N) is 3. The van der Waals surface area contributed by atoms with Crippen LogP contribution < -0.4 is 19.7 Å². The zero-order valence-corrected chi connectivity index (χ0v) is 17.8. The Morgan fingerprint density at radius 1 is 1.17 bits per heavy atom. The molecule has 2 heterocycles. The molecule has 0 atom stereocenters. The van der Waals surface area contributed by atoms with E-state index in [2.05, 4.69) is 10.3 Å². The molecule has 0 radical (unpaired) electrons. The number of thiazole rings is 1. The molecule has 3 aromatic rings. The number of rotatable bonds is 6. The standard InChI is InChI=1S/C21H22N4O4S/c1-13-5-4-6-17-19(13)23-20(30-17)22-18(26)12-24-9-10-25(21(24)27)14-7-8-15(28-2)16(11-14)29-3/h4-8,11H,9-10,12H2,1-3H3,(H,22,23,26). The van der Waals surface area contributed by atoms with E-state index in [1.165, 1.54) is 16.2 Å². The van der Waals surface area contributed by atoms with Crippen molar-refractivity contribution in [2.24, 2.45) is 0 Å². The van der Waals surface area contributed by atoms with E-state index in [-0.39, 0.29) is 18.5 Å². The number of carbonyl (C=O) groups excluding carboxylic acids is 2. The molecular formula is C21H22N4O4S. The Hall–Kier alpha value is -3.33. The molecule has 8 nitrogen and oxygen atoms in total. The number of anilines is 2. The van der Waals surface area contributed by atoms with Crippen molar-refractivity contribution in [2.45, 2.75) is 6.92 Å². The molecule has 0 bridgehead atoms. The smallest absolute Gasteiger partial charge is 0.325 e. The van der Waals surface area contributed by atoms with Gasteiger partial charge in [0.1, 0.15) is 6.54 Å². The third-order valence-corrected chi connectivity index (χ3v) is 5.91. The molecule has 0 spiro atoms. The normalized spacial score (nSPS) is 13.8. The van der Waals surface area contributed by atoms with Crippen molar-refractivity contribution in [3.63, 3.8) is 0 Å². The molecule has 1 aliphatic rings. The summed E-state index contributed by atoms with van der Waals surface area (Å²) in [4.78, 5) is 33.0. The molecule has 30 heavy (non-hydrogen) atoms. The molecule has 4 rings (SSSR count). The van der Waals surface area contributed by atoms with Gasteiger partial charge in [0.05, 0.1) is 24.4 Å². The summed E-state index contributed by atoms with van der Waals surface area (Å²) in [5.74, 6) is 0.870. The van der Waals surface area contributed by atoms with E-state index in [4.69, 9.17) is 9.47 Å². The summed E-state index contributed by atoms with van der Waals surface area (Å²) < 4.78 is 11.6. The molecule has 0 aliphatic carbocycles. The third kappa shape index (κ3) is 3.76. The Morgan fingerprint density at radius 2 is 1.97 bits per heavy atom. The lowest BCUT2D eigenvalue weighted by Gasteiger charge is -2.19. The highest BCUT2D eigenvalue weighted by Crippen LogP contribution is 2.33. The highest BCUT2D eigenvalue weighted by molar-refractivity contribution is 7.22. The minimum absolute atomic E-state index is 0.0302. The Labute approximate surface area is 178 Å². The summed E-state index contributed by atoms with van der Waals surface area (Å²) in [7, 11) is 3.11. The Balaban J connectivity index is 1.42. The first-order valence-corrected chi connectivity index (χ1v) is 10.3. The summed E-state index contributed by atoms with van der Waals surface area (Å²) in [5, 5.41) is 3.35. The van der Waals surface area contributed by atoms with Crippen LogP contribution in [0.2, 0.25) is 0 Å². The first-order valence-electron chi connectivity index (χ1n) is 9.44. The minimum atomic E-state index is -0.269. The van der Waals surface area contributed by atoms with Crippen LogP contribution in [0, 0.1) is 6.92 Å². The number of aromatic nitrogens is 1. The Bertz CT molecular complexity index is 1110. The van der Waals surface area contributed by atoms with Crippen molar-refractivity contribution >= 4 is 44.3 Å². The quantitative estimate of drug-likeness (QED) is 0.652. The number of hydrogen-bond acceptors (Lipinski definition) is 6. The minimum Gasteiger partial charge on any atom is -0.493 e. The fourth-order valence-corrected chi connectivity index (χ4v) is 4.39. The van der Waals surface area contributed by atoms with Crippen LogP contribution in [0.5, 0.6) is 11.5 Å². The van der Waals surface area contributed by atoms with Gasteiger partial charge in [-0.3, -0.25) is 9.69 Å². The monoisotopic (exact) mass is 426 g/mol. The maximum absolute atomic E-state index is 12.8. The van der Waals surface area contributed by atoms with Crippen LogP contribution in [0.3, 0.4) is 0 Å².